The zero-order valence-corrected chi connectivity index (χ0v) is 10.2. The molecular formula is C11H8F3N3O4. The normalized spacial score (nSPS) is 11.4. The number of nitro groups is 1. The van der Waals surface area contributed by atoms with Gasteiger partial charge in [0, 0.05) is 12.1 Å². The van der Waals surface area contributed by atoms with E-state index in [1.165, 1.54) is 6.07 Å². The van der Waals surface area contributed by atoms with Crippen LogP contribution in [0.2, 0.25) is 0 Å². The van der Waals surface area contributed by atoms with Gasteiger partial charge in [-0.3, -0.25) is 10.1 Å². The SMILES string of the molecule is O=[N+]([O-])c1cccc(C(F)(F)F)c1COc1ccn(O)n1. The van der Waals surface area contributed by atoms with Crippen LogP contribution in [0.4, 0.5) is 18.9 Å². The smallest absolute Gasteiger partial charge is 0.417 e. The predicted octanol–water partition coefficient (Wildman–Crippen LogP) is 2.63. The Balaban J connectivity index is 2.37. The summed E-state index contributed by atoms with van der Waals surface area (Å²) in [5.74, 6) is -0.163. The van der Waals surface area contributed by atoms with E-state index in [0.29, 0.717) is 4.85 Å². The van der Waals surface area contributed by atoms with Gasteiger partial charge in [0.15, 0.2) is 0 Å². The van der Waals surface area contributed by atoms with Crippen molar-refractivity contribution in [2.24, 2.45) is 0 Å². The lowest BCUT2D eigenvalue weighted by Crippen LogP contribution is -2.13. The first-order valence-electron chi connectivity index (χ1n) is 5.50. The van der Waals surface area contributed by atoms with Crippen molar-refractivity contribution >= 4 is 5.69 Å². The van der Waals surface area contributed by atoms with Gasteiger partial charge < -0.3 is 9.94 Å². The van der Waals surface area contributed by atoms with Crippen LogP contribution in [0.15, 0.2) is 30.5 Å². The first-order chi connectivity index (χ1) is 9.79. The molecule has 0 atom stereocenters. The van der Waals surface area contributed by atoms with Gasteiger partial charge in [0.25, 0.3) is 5.69 Å². The van der Waals surface area contributed by atoms with Crippen molar-refractivity contribution < 1.29 is 28.0 Å². The van der Waals surface area contributed by atoms with Crippen LogP contribution < -0.4 is 4.74 Å². The average Bonchev–Trinajstić information content (AvgIpc) is 2.80. The third-order valence-electron chi connectivity index (χ3n) is 2.57. The molecule has 2 aromatic rings. The van der Waals surface area contributed by atoms with Crippen LogP contribution in [0, 0.1) is 10.1 Å². The van der Waals surface area contributed by atoms with Crippen LogP contribution in [0.5, 0.6) is 5.88 Å². The number of halogens is 3. The summed E-state index contributed by atoms with van der Waals surface area (Å²) in [6.45, 7) is -0.705. The molecule has 0 aliphatic carbocycles. The summed E-state index contributed by atoms with van der Waals surface area (Å²) < 4.78 is 43.6. The molecule has 10 heteroatoms. The topological polar surface area (TPSA) is 90.4 Å². The van der Waals surface area contributed by atoms with E-state index in [9.17, 15) is 23.3 Å². The molecule has 1 aromatic carbocycles. The van der Waals surface area contributed by atoms with Crippen molar-refractivity contribution in [2.45, 2.75) is 12.8 Å². The van der Waals surface area contributed by atoms with Gasteiger partial charge in [-0.25, -0.2) is 0 Å². The second kappa shape index (κ2) is 5.31. The molecule has 7 nitrogen and oxygen atoms in total. The highest BCUT2D eigenvalue weighted by Gasteiger charge is 2.36. The number of hydrogen-bond acceptors (Lipinski definition) is 5. The Hall–Kier alpha value is -2.78. The molecule has 0 radical (unpaired) electrons. The predicted molar refractivity (Wildman–Crippen MR) is 61.8 cm³/mol. The standard InChI is InChI=1S/C11H8F3N3O4/c12-11(13,14)8-2-1-3-9(17(19)20)7(8)6-21-10-4-5-16(18)15-10/h1-5,18H,6H2. The molecule has 1 aromatic heterocycles. The summed E-state index contributed by atoms with van der Waals surface area (Å²) in [4.78, 5) is 10.3. The molecule has 1 N–H and O–H groups in total. The van der Waals surface area contributed by atoms with Crippen LogP contribution in [0.25, 0.3) is 0 Å². The van der Waals surface area contributed by atoms with Crippen LogP contribution in [-0.2, 0) is 12.8 Å². The molecule has 0 fully saturated rings. The number of nitrogens with zero attached hydrogens (tertiary/aromatic N) is 3. The van der Waals surface area contributed by atoms with Gasteiger partial charge in [-0.15, -0.1) is 4.85 Å². The third kappa shape index (κ3) is 3.22. The minimum atomic E-state index is -4.75. The Bertz CT molecular complexity index is 669. The molecule has 0 aliphatic rings. The molecule has 0 saturated carbocycles. The first kappa shape index (κ1) is 14.6. The first-order valence-corrected chi connectivity index (χ1v) is 5.50. The summed E-state index contributed by atoms with van der Waals surface area (Å²) in [7, 11) is 0. The lowest BCUT2D eigenvalue weighted by atomic mass is 10.1. The number of nitro benzene ring substituents is 1. The molecule has 0 aliphatic heterocycles. The maximum Gasteiger partial charge on any atom is 0.417 e. The molecule has 1 heterocycles. The highest BCUT2D eigenvalue weighted by molar-refractivity contribution is 5.46. The lowest BCUT2D eigenvalue weighted by molar-refractivity contribution is -0.386. The highest BCUT2D eigenvalue weighted by atomic mass is 19.4. The molecule has 0 saturated heterocycles. The van der Waals surface area contributed by atoms with Gasteiger partial charge in [-0.05, 0) is 6.07 Å². The summed E-state index contributed by atoms with van der Waals surface area (Å²) in [6, 6.07) is 3.84. The number of aromatic nitrogens is 2. The molecule has 0 amide bonds. The van der Waals surface area contributed by atoms with E-state index in [0.717, 1.165) is 24.4 Å². The fourth-order valence-electron chi connectivity index (χ4n) is 1.68. The van der Waals surface area contributed by atoms with E-state index in [1.54, 1.807) is 0 Å². The van der Waals surface area contributed by atoms with Crippen LogP contribution >= 0.6 is 0 Å². The maximum atomic E-state index is 12.9. The van der Waals surface area contributed by atoms with E-state index in [2.05, 4.69) is 5.10 Å². The van der Waals surface area contributed by atoms with Gasteiger partial charge >= 0.3 is 6.18 Å². The Morgan fingerprint density at radius 3 is 2.62 bits per heavy atom. The third-order valence-corrected chi connectivity index (χ3v) is 2.57. The van der Waals surface area contributed by atoms with E-state index in [1.807, 2.05) is 0 Å². The van der Waals surface area contributed by atoms with Crippen molar-refractivity contribution in [3.8, 4) is 5.88 Å². The number of rotatable bonds is 4. The highest BCUT2D eigenvalue weighted by Crippen LogP contribution is 2.36. The zero-order valence-electron chi connectivity index (χ0n) is 10.2. The lowest BCUT2D eigenvalue weighted by Gasteiger charge is -2.12. The molecule has 2 rings (SSSR count). The van der Waals surface area contributed by atoms with Crippen molar-refractivity contribution in [3.05, 3.63) is 51.7 Å². The summed E-state index contributed by atoms with van der Waals surface area (Å²) >= 11 is 0. The Kier molecular flexibility index (Phi) is 3.70. The van der Waals surface area contributed by atoms with Gasteiger partial charge in [0.05, 0.1) is 22.2 Å². The van der Waals surface area contributed by atoms with Gasteiger partial charge in [-0.1, -0.05) is 11.2 Å². The Labute approximate surface area is 115 Å². The minimum Gasteiger partial charge on any atom is -0.471 e. The molecule has 0 spiro atoms. The van der Waals surface area contributed by atoms with Crippen molar-refractivity contribution in [2.75, 3.05) is 0 Å². The molecule has 0 unspecified atom stereocenters. The Morgan fingerprint density at radius 2 is 2.10 bits per heavy atom. The number of hydrogen-bond donors (Lipinski definition) is 1. The summed E-state index contributed by atoms with van der Waals surface area (Å²) in [5.41, 5.74) is -2.46. The van der Waals surface area contributed by atoms with Crippen molar-refractivity contribution in [3.63, 3.8) is 0 Å². The van der Waals surface area contributed by atoms with E-state index in [4.69, 9.17) is 9.94 Å². The molecule has 0 bridgehead atoms. The number of alkyl halides is 3. The zero-order chi connectivity index (χ0) is 15.6. The van der Waals surface area contributed by atoms with Crippen LogP contribution in [0.3, 0.4) is 0 Å². The summed E-state index contributed by atoms with van der Waals surface area (Å²) in [5, 5.41) is 23.1. The van der Waals surface area contributed by atoms with Gasteiger partial charge in [-0.2, -0.15) is 13.2 Å². The number of benzene rings is 1. The molecular weight excluding hydrogens is 295 g/mol. The fourth-order valence-corrected chi connectivity index (χ4v) is 1.68. The second-order valence-electron chi connectivity index (χ2n) is 3.92. The summed E-state index contributed by atoms with van der Waals surface area (Å²) in [6.07, 6.45) is -3.65. The van der Waals surface area contributed by atoms with E-state index in [-0.39, 0.29) is 5.88 Å². The number of ether oxygens (including phenoxy) is 1. The largest absolute Gasteiger partial charge is 0.471 e. The minimum absolute atomic E-state index is 0.163. The second-order valence-corrected chi connectivity index (χ2v) is 3.92. The molecule has 21 heavy (non-hydrogen) atoms. The van der Waals surface area contributed by atoms with Gasteiger partial charge in [0.1, 0.15) is 6.61 Å². The van der Waals surface area contributed by atoms with Crippen molar-refractivity contribution in [1.82, 2.24) is 9.94 Å². The molecule has 112 valence electrons. The van der Waals surface area contributed by atoms with Crippen molar-refractivity contribution in [1.29, 1.82) is 0 Å². The monoisotopic (exact) mass is 303 g/mol. The Morgan fingerprint density at radius 1 is 1.38 bits per heavy atom. The fraction of sp³-hybridized carbons (Fsp3) is 0.182. The van der Waals surface area contributed by atoms with E-state index >= 15 is 0 Å². The van der Waals surface area contributed by atoms with Crippen LogP contribution in [0.1, 0.15) is 11.1 Å². The maximum absolute atomic E-state index is 12.9. The quantitative estimate of drug-likeness (QED) is 0.532. The van der Waals surface area contributed by atoms with Crippen LogP contribution in [-0.4, -0.2) is 20.1 Å². The van der Waals surface area contributed by atoms with E-state index < -0.39 is 34.5 Å². The average molecular weight is 303 g/mol. The van der Waals surface area contributed by atoms with Gasteiger partial charge in [0.2, 0.25) is 5.88 Å².